The van der Waals surface area contributed by atoms with Crippen molar-refractivity contribution in [1.82, 2.24) is 15.0 Å². The second-order valence-electron chi connectivity index (χ2n) is 5.12. The fraction of sp³-hybridized carbons (Fsp3) is 0.312. The maximum atomic E-state index is 9.18. The number of hydrogen-bond donors (Lipinski definition) is 1. The number of aryl methyl sites for hydroxylation is 1. The molecule has 0 saturated heterocycles. The van der Waals surface area contributed by atoms with Gasteiger partial charge in [0.15, 0.2) is 0 Å². The molecule has 0 saturated carbocycles. The lowest BCUT2D eigenvalue weighted by atomic mass is 10.2. The lowest BCUT2D eigenvalue weighted by Gasteiger charge is -2.24. The first-order chi connectivity index (χ1) is 10.8. The van der Waals surface area contributed by atoms with Crippen molar-refractivity contribution in [2.75, 3.05) is 18.1 Å². The molecule has 1 N–H and O–H groups in total. The Kier molecular flexibility index (Phi) is 4.60. The van der Waals surface area contributed by atoms with Gasteiger partial charge < -0.3 is 10.0 Å². The number of thiophene rings is 1. The number of anilines is 1. The molecule has 3 heterocycles. The van der Waals surface area contributed by atoms with E-state index >= 15 is 0 Å². The summed E-state index contributed by atoms with van der Waals surface area (Å²) in [6.07, 6.45) is 4.10. The van der Waals surface area contributed by atoms with Crippen molar-refractivity contribution in [2.45, 2.75) is 19.9 Å². The zero-order valence-electron chi connectivity index (χ0n) is 12.4. The van der Waals surface area contributed by atoms with Crippen LogP contribution >= 0.6 is 11.3 Å². The quantitative estimate of drug-likeness (QED) is 0.758. The third kappa shape index (κ3) is 3.08. The van der Waals surface area contributed by atoms with E-state index in [0.29, 0.717) is 13.0 Å². The van der Waals surface area contributed by atoms with Crippen molar-refractivity contribution >= 4 is 27.4 Å². The molecular weight excluding hydrogens is 296 g/mol. The van der Waals surface area contributed by atoms with Gasteiger partial charge in [0.2, 0.25) is 0 Å². The van der Waals surface area contributed by atoms with Crippen molar-refractivity contribution in [2.24, 2.45) is 0 Å². The number of pyridine rings is 1. The summed E-state index contributed by atoms with van der Waals surface area (Å²) in [5.41, 5.74) is 2.17. The van der Waals surface area contributed by atoms with Gasteiger partial charge >= 0.3 is 0 Å². The Balaban J connectivity index is 1.98. The van der Waals surface area contributed by atoms with Gasteiger partial charge in [0.1, 0.15) is 17.0 Å². The molecule has 0 spiro atoms. The highest BCUT2D eigenvalue weighted by Gasteiger charge is 2.16. The van der Waals surface area contributed by atoms with Crippen LogP contribution in [0.4, 0.5) is 5.82 Å². The van der Waals surface area contributed by atoms with Crippen LogP contribution < -0.4 is 4.90 Å². The minimum absolute atomic E-state index is 0.162. The zero-order valence-corrected chi connectivity index (χ0v) is 13.3. The highest BCUT2D eigenvalue weighted by molar-refractivity contribution is 7.17. The highest BCUT2D eigenvalue weighted by atomic mass is 32.1. The van der Waals surface area contributed by atoms with E-state index in [9.17, 15) is 5.11 Å². The van der Waals surface area contributed by atoms with E-state index in [4.69, 9.17) is 0 Å². The molecule has 0 bridgehead atoms. The van der Waals surface area contributed by atoms with Gasteiger partial charge in [-0.3, -0.25) is 4.98 Å². The smallest absolute Gasteiger partial charge is 0.141 e. The van der Waals surface area contributed by atoms with Gasteiger partial charge in [-0.05, 0) is 36.4 Å². The number of fused-ring (bicyclic) bond motifs is 1. The summed E-state index contributed by atoms with van der Waals surface area (Å²) < 4.78 is 0. The molecule has 3 rings (SSSR count). The van der Waals surface area contributed by atoms with Gasteiger partial charge in [-0.15, -0.1) is 11.3 Å². The number of aliphatic hydroxyl groups is 1. The number of hydrogen-bond acceptors (Lipinski definition) is 6. The summed E-state index contributed by atoms with van der Waals surface area (Å²) in [6.45, 7) is 3.64. The average Bonchev–Trinajstić information content (AvgIpc) is 2.94. The summed E-state index contributed by atoms with van der Waals surface area (Å²) in [5.74, 6) is 0.919. The van der Waals surface area contributed by atoms with E-state index in [1.54, 1.807) is 23.9 Å². The predicted octanol–water partition coefficient (Wildman–Crippen LogP) is 2.78. The minimum atomic E-state index is 0.162. The first-order valence-electron chi connectivity index (χ1n) is 7.24. The molecule has 0 unspecified atom stereocenters. The Morgan fingerprint density at radius 2 is 2.14 bits per heavy atom. The number of rotatable bonds is 6. The molecule has 0 aliphatic heterocycles. The van der Waals surface area contributed by atoms with Crippen molar-refractivity contribution in [1.29, 1.82) is 0 Å². The van der Waals surface area contributed by atoms with E-state index in [-0.39, 0.29) is 6.61 Å². The molecule has 0 aromatic carbocycles. The van der Waals surface area contributed by atoms with Crippen LogP contribution in [-0.2, 0) is 6.54 Å². The zero-order chi connectivity index (χ0) is 15.4. The van der Waals surface area contributed by atoms with Crippen LogP contribution in [0.2, 0.25) is 0 Å². The predicted molar refractivity (Wildman–Crippen MR) is 89.1 cm³/mol. The molecule has 114 valence electrons. The molecule has 0 aliphatic rings. The third-order valence-electron chi connectivity index (χ3n) is 3.50. The van der Waals surface area contributed by atoms with E-state index in [2.05, 4.69) is 32.2 Å². The Hall–Kier alpha value is -2.05. The lowest BCUT2D eigenvalue weighted by molar-refractivity contribution is 0.289. The maximum Gasteiger partial charge on any atom is 0.141 e. The van der Waals surface area contributed by atoms with Gasteiger partial charge in [0, 0.05) is 19.3 Å². The molecular formula is C16H18N4OS. The Morgan fingerprint density at radius 1 is 1.23 bits per heavy atom. The summed E-state index contributed by atoms with van der Waals surface area (Å²) >= 11 is 1.63. The molecule has 3 aromatic heterocycles. The SMILES string of the molecule is Cc1csc2ncnc(N(CCCO)Cc3ccccn3)c12. The van der Waals surface area contributed by atoms with Crippen LogP contribution in [0.15, 0.2) is 36.1 Å². The average molecular weight is 314 g/mol. The Bertz CT molecular complexity index is 744. The second kappa shape index (κ2) is 6.81. The van der Waals surface area contributed by atoms with Crippen LogP contribution in [0.1, 0.15) is 17.7 Å². The fourth-order valence-corrected chi connectivity index (χ4v) is 3.33. The summed E-state index contributed by atoms with van der Waals surface area (Å²) in [6, 6.07) is 5.90. The van der Waals surface area contributed by atoms with E-state index in [0.717, 1.165) is 28.3 Å². The Labute approximate surface area is 133 Å². The Morgan fingerprint density at radius 3 is 2.91 bits per heavy atom. The number of aromatic nitrogens is 3. The monoisotopic (exact) mass is 314 g/mol. The molecule has 22 heavy (non-hydrogen) atoms. The van der Waals surface area contributed by atoms with Gasteiger partial charge in [-0.25, -0.2) is 9.97 Å². The molecule has 0 radical (unpaired) electrons. The van der Waals surface area contributed by atoms with E-state index in [1.807, 2.05) is 18.2 Å². The first kappa shape index (κ1) is 14.9. The molecule has 0 atom stereocenters. The summed E-state index contributed by atoms with van der Waals surface area (Å²) in [4.78, 5) is 16.4. The standard InChI is InChI=1S/C16H18N4OS/c1-12-10-22-16-14(12)15(18-11-19-16)20(7-4-8-21)9-13-5-2-3-6-17-13/h2-3,5-6,10-11,21H,4,7-9H2,1H3. The van der Waals surface area contributed by atoms with Crippen LogP contribution in [0.5, 0.6) is 0 Å². The van der Waals surface area contributed by atoms with Crippen molar-refractivity contribution in [3.05, 3.63) is 47.4 Å². The van der Waals surface area contributed by atoms with Gasteiger partial charge in [0.05, 0.1) is 17.6 Å². The number of aliphatic hydroxyl groups excluding tert-OH is 1. The summed E-state index contributed by atoms with van der Waals surface area (Å²) in [5, 5.41) is 12.4. The van der Waals surface area contributed by atoms with Crippen LogP contribution in [-0.4, -0.2) is 33.2 Å². The van der Waals surface area contributed by atoms with Crippen molar-refractivity contribution in [3.63, 3.8) is 0 Å². The molecule has 0 aliphatic carbocycles. The molecule has 6 heteroatoms. The normalized spacial score (nSPS) is 11.0. The van der Waals surface area contributed by atoms with Gasteiger partial charge in [-0.1, -0.05) is 6.07 Å². The molecule has 3 aromatic rings. The largest absolute Gasteiger partial charge is 0.396 e. The lowest BCUT2D eigenvalue weighted by Crippen LogP contribution is -2.26. The third-order valence-corrected chi connectivity index (χ3v) is 4.50. The van der Waals surface area contributed by atoms with E-state index in [1.165, 1.54) is 5.56 Å². The topological polar surface area (TPSA) is 62.1 Å². The molecule has 0 fully saturated rings. The van der Waals surface area contributed by atoms with Crippen LogP contribution in [0.25, 0.3) is 10.2 Å². The van der Waals surface area contributed by atoms with Crippen molar-refractivity contribution in [3.8, 4) is 0 Å². The van der Waals surface area contributed by atoms with Gasteiger partial charge in [-0.2, -0.15) is 0 Å². The molecule has 5 nitrogen and oxygen atoms in total. The fourth-order valence-electron chi connectivity index (χ4n) is 2.45. The highest BCUT2D eigenvalue weighted by Crippen LogP contribution is 2.31. The molecule has 0 amide bonds. The minimum Gasteiger partial charge on any atom is -0.396 e. The van der Waals surface area contributed by atoms with Crippen LogP contribution in [0.3, 0.4) is 0 Å². The number of nitrogens with zero attached hydrogens (tertiary/aromatic N) is 4. The summed E-state index contributed by atoms with van der Waals surface area (Å²) in [7, 11) is 0. The van der Waals surface area contributed by atoms with Gasteiger partial charge in [0.25, 0.3) is 0 Å². The second-order valence-corrected chi connectivity index (χ2v) is 5.97. The van der Waals surface area contributed by atoms with Crippen LogP contribution in [0, 0.1) is 6.92 Å². The first-order valence-corrected chi connectivity index (χ1v) is 8.12. The van der Waals surface area contributed by atoms with E-state index < -0.39 is 0 Å². The maximum absolute atomic E-state index is 9.18. The van der Waals surface area contributed by atoms with Crippen molar-refractivity contribution < 1.29 is 5.11 Å².